The van der Waals surface area contributed by atoms with E-state index in [1.807, 2.05) is 26.0 Å². The summed E-state index contributed by atoms with van der Waals surface area (Å²) in [6, 6.07) is 3.82. The first kappa shape index (κ1) is 16.5. The number of nitrogens with zero attached hydrogens (tertiary/aromatic N) is 3. The maximum absolute atomic E-state index is 12.9. The van der Waals surface area contributed by atoms with E-state index in [1.54, 1.807) is 12.2 Å². The molecular weight excluding hydrogens is 306 g/mol. The predicted molar refractivity (Wildman–Crippen MR) is 88.6 cm³/mol. The molecule has 0 radical (unpaired) electrons. The molecule has 0 atom stereocenters. The summed E-state index contributed by atoms with van der Waals surface area (Å²) in [6.07, 6.45) is 5.63. The predicted octanol–water partition coefficient (Wildman–Crippen LogP) is 0.831. The van der Waals surface area contributed by atoms with Crippen LogP contribution in [0.4, 0.5) is 0 Å². The second-order valence-electron chi connectivity index (χ2n) is 6.15. The van der Waals surface area contributed by atoms with Crippen LogP contribution in [0, 0.1) is 26.2 Å². The van der Waals surface area contributed by atoms with E-state index in [9.17, 15) is 9.59 Å². The average Bonchev–Trinajstić information content (AvgIpc) is 2.71. The van der Waals surface area contributed by atoms with Crippen molar-refractivity contribution >= 4 is 11.8 Å². The zero-order valence-corrected chi connectivity index (χ0v) is 14.2. The van der Waals surface area contributed by atoms with Gasteiger partial charge in [0.2, 0.25) is 0 Å². The van der Waals surface area contributed by atoms with Gasteiger partial charge in [-0.2, -0.15) is 5.06 Å². The molecule has 2 saturated heterocycles. The Morgan fingerprint density at radius 1 is 1.08 bits per heavy atom. The van der Waals surface area contributed by atoms with Crippen LogP contribution in [0.5, 0.6) is 0 Å². The summed E-state index contributed by atoms with van der Waals surface area (Å²) in [5, 5.41) is 4.81. The van der Waals surface area contributed by atoms with E-state index in [0.717, 1.165) is 11.1 Å². The fourth-order valence-corrected chi connectivity index (χ4v) is 3.54. The Bertz CT molecular complexity index is 712. The number of aryl methyl sites for hydroxylation is 2. The van der Waals surface area contributed by atoms with E-state index in [2.05, 4.69) is 5.92 Å². The van der Waals surface area contributed by atoms with Gasteiger partial charge < -0.3 is 4.84 Å². The van der Waals surface area contributed by atoms with Crippen molar-refractivity contribution < 1.29 is 14.4 Å². The smallest absolute Gasteiger partial charge is 0.258 e. The average molecular weight is 327 g/mol. The lowest BCUT2D eigenvalue weighted by molar-refractivity contribution is -0.145. The molecule has 2 aliphatic heterocycles. The highest BCUT2D eigenvalue weighted by Gasteiger charge is 2.48. The van der Waals surface area contributed by atoms with Crippen molar-refractivity contribution in [1.82, 2.24) is 15.1 Å². The van der Waals surface area contributed by atoms with Crippen molar-refractivity contribution in [2.24, 2.45) is 0 Å². The van der Waals surface area contributed by atoms with E-state index < -0.39 is 5.92 Å². The minimum absolute atomic E-state index is 0.207. The van der Waals surface area contributed by atoms with Gasteiger partial charge in [-0.1, -0.05) is 12.0 Å². The number of amides is 2. The molecule has 2 amide bonds. The number of carbonyl (C=O) groups excluding carboxylic acids is 2. The first-order valence-corrected chi connectivity index (χ1v) is 7.97. The number of hydrogen-bond acceptors (Lipinski definition) is 4. The molecule has 2 heterocycles. The molecule has 24 heavy (non-hydrogen) atoms. The van der Waals surface area contributed by atoms with Crippen molar-refractivity contribution in [1.29, 1.82) is 0 Å². The Morgan fingerprint density at radius 2 is 1.67 bits per heavy atom. The van der Waals surface area contributed by atoms with Crippen molar-refractivity contribution in [2.45, 2.75) is 19.8 Å². The molecule has 0 aliphatic carbocycles. The van der Waals surface area contributed by atoms with Crippen molar-refractivity contribution in [2.75, 3.05) is 33.3 Å². The molecule has 0 bridgehead atoms. The highest BCUT2D eigenvalue weighted by atomic mass is 16.7. The van der Waals surface area contributed by atoms with Crippen LogP contribution in [0.2, 0.25) is 0 Å². The molecule has 3 rings (SSSR count). The first-order chi connectivity index (χ1) is 11.5. The van der Waals surface area contributed by atoms with Crippen LogP contribution < -0.4 is 0 Å². The summed E-state index contributed by atoms with van der Waals surface area (Å²) in [4.78, 5) is 31.1. The molecule has 6 nitrogen and oxygen atoms in total. The number of terminal acetylenes is 1. The molecule has 0 saturated carbocycles. The number of rotatable bonds is 2. The maximum atomic E-state index is 12.9. The first-order valence-electron chi connectivity index (χ1n) is 7.97. The zero-order chi connectivity index (χ0) is 17.4. The van der Waals surface area contributed by atoms with Gasteiger partial charge in [-0.3, -0.25) is 9.59 Å². The molecule has 1 aromatic carbocycles. The topological polar surface area (TPSA) is 53.1 Å². The third kappa shape index (κ3) is 2.56. The lowest BCUT2D eigenvalue weighted by Crippen LogP contribution is -2.41. The highest BCUT2D eigenvalue weighted by molar-refractivity contribution is 6.11. The summed E-state index contributed by atoms with van der Waals surface area (Å²) in [5.74, 6) is 1.38. The van der Waals surface area contributed by atoms with Gasteiger partial charge in [-0.15, -0.1) is 6.42 Å². The molecule has 1 aromatic rings. The Morgan fingerprint density at radius 3 is 2.17 bits per heavy atom. The van der Waals surface area contributed by atoms with Crippen molar-refractivity contribution in [3.05, 3.63) is 34.4 Å². The van der Waals surface area contributed by atoms with E-state index in [4.69, 9.17) is 11.3 Å². The number of fused-ring (bicyclic) bond motifs is 1. The minimum Gasteiger partial charge on any atom is -0.302 e. The van der Waals surface area contributed by atoms with Crippen molar-refractivity contribution in [3.63, 3.8) is 0 Å². The fourth-order valence-electron chi connectivity index (χ4n) is 3.54. The van der Waals surface area contributed by atoms with Crippen LogP contribution in [-0.2, 0) is 14.4 Å². The fraction of sp³-hybridized carbons (Fsp3) is 0.444. The Kier molecular flexibility index (Phi) is 4.31. The van der Waals surface area contributed by atoms with E-state index >= 15 is 0 Å². The second kappa shape index (κ2) is 6.27. The van der Waals surface area contributed by atoms with E-state index in [0.29, 0.717) is 37.3 Å². The normalized spacial score (nSPS) is 19.4. The Balaban J connectivity index is 2.00. The molecule has 126 valence electrons. The molecule has 0 aromatic heterocycles. The van der Waals surface area contributed by atoms with Gasteiger partial charge in [0, 0.05) is 18.7 Å². The van der Waals surface area contributed by atoms with Gasteiger partial charge in [0.05, 0.1) is 20.2 Å². The minimum atomic E-state index is -0.842. The van der Waals surface area contributed by atoms with E-state index in [1.165, 1.54) is 10.0 Å². The number of benzene rings is 1. The molecule has 0 N–H and O–H groups in total. The van der Waals surface area contributed by atoms with Gasteiger partial charge >= 0.3 is 0 Å². The number of hydroxylamine groups is 2. The summed E-state index contributed by atoms with van der Waals surface area (Å²) in [6.45, 7) is 5.82. The Hall–Kier alpha value is -2.36. The Labute approximate surface area is 141 Å². The maximum Gasteiger partial charge on any atom is 0.258 e. The van der Waals surface area contributed by atoms with E-state index in [-0.39, 0.29) is 11.8 Å². The monoisotopic (exact) mass is 327 g/mol. The molecule has 2 aliphatic rings. The molecule has 0 spiro atoms. The zero-order valence-electron chi connectivity index (χ0n) is 14.2. The third-order valence-electron chi connectivity index (χ3n) is 4.65. The van der Waals surface area contributed by atoms with Crippen LogP contribution in [0.3, 0.4) is 0 Å². The molecule has 0 unspecified atom stereocenters. The van der Waals surface area contributed by atoms with Gasteiger partial charge in [-0.05, 0) is 36.6 Å². The molecular formula is C18H21N3O3. The van der Waals surface area contributed by atoms with Crippen LogP contribution in [-0.4, -0.2) is 60.2 Å². The van der Waals surface area contributed by atoms with Gasteiger partial charge in [0.15, 0.2) is 0 Å². The van der Waals surface area contributed by atoms with Crippen LogP contribution in [0.25, 0.3) is 0 Å². The van der Waals surface area contributed by atoms with Crippen molar-refractivity contribution in [3.8, 4) is 12.3 Å². The molecule has 6 heteroatoms. The quantitative estimate of drug-likeness (QED) is 0.596. The lowest BCUT2D eigenvalue weighted by Gasteiger charge is -2.23. The highest BCUT2D eigenvalue weighted by Crippen LogP contribution is 2.34. The van der Waals surface area contributed by atoms with Gasteiger partial charge in [-0.25, -0.2) is 10.0 Å². The third-order valence-corrected chi connectivity index (χ3v) is 4.65. The summed E-state index contributed by atoms with van der Waals surface area (Å²) in [7, 11) is 1.59. The summed E-state index contributed by atoms with van der Waals surface area (Å²) in [5.41, 5.74) is 3.19. The largest absolute Gasteiger partial charge is 0.302 e. The SMILES string of the molecule is C#Cc1cc(C)cc(C)c1C1C(=O)N2CCN(OC)CCN2C1=O. The van der Waals surface area contributed by atoms with Gasteiger partial charge in [0.25, 0.3) is 11.8 Å². The summed E-state index contributed by atoms with van der Waals surface area (Å²) >= 11 is 0. The number of hydrogen-bond donors (Lipinski definition) is 0. The number of carbonyl (C=O) groups is 2. The number of hydrazine groups is 1. The van der Waals surface area contributed by atoms with Crippen LogP contribution in [0.15, 0.2) is 12.1 Å². The van der Waals surface area contributed by atoms with Gasteiger partial charge in [0.1, 0.15) is 5.92 Å². The summed E-state index contributed by atoms with van der Waals surface area (Å²) < 4.78 is 0. The van der Waals surface area contributed by atoms with Crippen LogP contribution in [0.1, 0.15) is 28.2 Å². The standard InChI is InChI=1S/C18H21N3O3/c1-5-14-11-12(2)10-13(3)15(14)16-17(22)20-8-6-19(24-4)7-9-21(20)18(16)23/h1,10-11,16H,6-9H2,2-4H3. The van der Waals surface area contributed by atoms with Crippen LogP contribution >= 0.6 is 0 Å². The molecule has 2 fully saturated rings. The second-order valence-corrected chi connectivity index (χ2v) is 6.15. The lowest BCUT2D eigenvalue weighted by atomic mass is 9.88.